The highest BCUT2D eigenvalue weighted by Gasteiger charge is 2.47. The molecule has 2 fully saturated rings. The van der Waals surface area contributed by atoms with Gasteiger partial charge in [-0.25, -0.2) is 0 Å². The largest absolute Gasteiger partial charge is 0.309 e. The molecule has 0 spiro atoms. The normalized spacial score (nSPS) is 31.6. The van der Waals surface area contributed by atoms with Crippen molar-refractivity contribution in [2.24, 2.45) is 17.8 Å². The van der Waals surface area contributed by atoms with E-state index in [4.69, 9.17) is 0 Å². The lowest BCUT2D eigenvalue weighted by atomic mass is 9.75. The molecule has 2 bridgehead atoms. The molecule has 1 aromatic carbocycles. The first-order chi connectivity index (χ1) is 10.1. The van der Waals surface area contributed by atoms with Crippen molar-refractivity contribution < 1.29 is 0 Å². The van der Waals surface area contributed by atoms with Crippen LogP contribution in [0.15, 0.2) is 28.1 Å². The summed E-state index contributed by atoms with van der Waals surface area (Å²) in [7, 11) is 4.45. The van der Waals surface area contributed by atoms with Crippen molar-refractivity contribution in [3.05, 3.63) is 33.6 Å². The zero-order valence-corrected chi connectivity index (χ0v) is 15.1. The van der Waals surface area contributed by atoms with Gasteiger partial charge < -0.3 is 4.90 Å². The van der Waals surface area contributed by atoms with Gasteiger partial charge in [0.05, 0.1) is 0 Å². The molecule has 1 aromatic heterocycles. The molecular weight excluding hydrogens is 342 g/mol. The summed E-state index contributed by atoms with van der Waals surface area (Å²) in [5, 5.41) is 3.62. The smallest absolute Gasteiger partial charge is 0.0361 e. The van der Waals surface area contributed by atoms with Crippen molar-refractivity contribution in [2.45, 2.75) is 25.2 Å². The van der Waals surface area contributed by atoms with E-state index in [1.54, 1.807) is 5.56 Å². The van der Waals surface area contributed by atoms with E-state index in [0.717, 1.165) is 23.7 Å². The van der Waals surface area contributed by atoms with Gasteiger partial charge in [0.1, 0.15) is 0 Å². The Morgan fingerprint density at radius 2 is 2.05 bits per heavy atom. The average Bonchev–Trinajstić information content (AvgIpc) is 3.13. The van der Waals surface area contributed by atoms with Gasteiger partial charge in [0.2, 0.25) is 0 Å². The van der Waals surface area contributed by atoms with E-state index >= 15 is 0 Å². The summed E-state index contributed by atoms with van der Waals surface area (Å²) in [5.74, 6) is 3.52. The zero-order valence-electron chi connectivity index (χ0n) is 12.7. The third-order valence-electron chi connectivity index (χ3n) is 5.60. The highest BCUT2D eigenvalue weighted by Crippen LogP contribution is 2.57. The minimum absolute atomic E-state index is 0.780. The molecule has 0 unspecified atom stereocenters. The Hall–Kier alpha value is -0.380. The fraction of sp³-hybridized carbons (Fsp3) is 0.556. The Balaban J connectivity index is 1.73. The number of hydrogen-bond donors (Lipinski definition) is 0. The molecule has 21 heavy (non-hydrogen) atoms. The summed E-state index contributed by atoms with van der Waals surface area (Å²) in [6.45, 7) is 1.24. The van der Waals surface area contributed by atoms with Gasteiger partial charge in [-0.3, -0.25) is 0 Å². The third kappa shape index (κ3) is 2.38. The fourth-order valence-electron chi connectivity index (χ4n) is 4.84. The summed E-state index contributed by atoms with van der Waals surface area (Å²) in [4.78, 5) is 2.39. The Bertz CT molecular complexity index is 662. The average molecular weight is 364 g/mol. The summed E-state index contributed by atoms with van der Waals surface area (Å²) < 4.78 is 2.66. The third-order valence-corrected chi connectivity index (χ3v) is 7.52. The van der Waals surface area contributed by atoms with Gasteiger partial charge in [0.25, 0.3) is 0 Å². The van der Waals surface area contributed by atoms with Gasteiger partial charge in [-0.15, -0.1) is 11.3 Å². The van der Waals surface area contributed by atoms with Gasteiger partial charge in [0.15, 0.2) is 0 Å². The maximum atomic E-state index is 3.71. The van der Waals surface area contributed by atoms with E-state index in [1.807, 2.05) is 11.3 Å². The van der Waals surface area contributed by atoms with Crippen molar-refractivity contribution in [3.63, 3.8) is 0 Å². The quantitative estimate of drug-likeness (QED) is 0.709. The standard InChI is InChI=1S/C18H22BrNS/c1-20(2)9-15-11-3-4-12(7-11)18(15)13-5-6-17-14(8-13)16(19)10-21-17/h5-6,8,10-12,15,18H,3-4,7,9H2,1-2H3/t11-,12+,15-,18-/m0/s1. The van der Waals surface area contributed by atoms with Gasteiger partial charge in [-0.1, -0.05) is 6.07 Å². The van der Waals surface area contributed by atoms with E-state index in [-0.39, 0.29) is 0 Å². The number of fused-ring (bicyclic) bond motifs is 3. The first-order valence-corrected chi connectivity index (χ1v) is 9.62. The summed E-state index contributed by atoms with van der Waals surface area (Å²) in [6.07, 6.45) is 4.37. The lowest BCUT2D eigenvalue weighted by molar-refractivity contribution is 0.219. The molecule has 2 aliphatic rings. The van der Waals surface area contributed by atoms with Crippen molar-refractivity contribution in [3.8, 4) is 0 Å². The van der Waals surface area contributed by atoms with Crippen LogP contribution in [0, 0.1) is 17.8 Å². The van der Waals surface area contributed by atoms with E-state index in [2.05, 4.69) is 58.5 Å². The van der Waals surface area contributed by atoms with Crippen molar-refractivity contribution in [1.82, 2.24) is 4.90 Å². The lowest BCUT2D eigenvalue weighted by Crippen LogP contribution is -2.30. The maximum Gasteiger partial charge on any atom is 0.0361 e. The number of thiophene rings is 1. The zero-order chi connectivity index (χ0) is 14.6. The Labute approximate surface area is 139 Å². The Kier molecular flexibility index (Phi) is 3.63. The Morgan fingerprint density at radius 1 is 1.24 bits per heavy atom. The van der Waals surface area contributed by atoms with Gasteiger partial charge in [0, 0.05) is 26.5 Å². The highest BCUT2D eigenvalue weighted by molar-refractivity contribution is 9.10. The lowest BCUT2D eigenvalue weighted by Gasteiger charge is -2.33. The van der Waals surface area contributed by atoms with Crippen LogP contribution in [0.4, 0.5) is 0 Å². The number of benzene rings is 1. The molecular formula is C18H22BrNS. The summed E-state index contributed by atoms with van der Waals surface area (Å²) in [6, 6.07) is 7.20. The van der Waals surface area contributed by atoms with E-state index < -0.39 is 0 Å². The predicted octanol–water partition coefficient (Wildman–Crippen LogP) is 5.36. The summed E-state index contributed by atoms with van der Waals surface area (Å²) in [5.41, 5.74) is 1.58. The van der Waals surface area contributed by atoms with E-state index in [0.29, 0.717) is 0 Å². The molecule has 3 heteroatoms. The first kappa shape index (κ1) is 14.2. The van der Waals surface area contributed by atoms with Crippen LogP contribution in [0.25, 0.3) is 10.1 Å². The SMILES string of the molecule is CN(C)C[C@H]1[C@H]2CC[C@H](C2)[C@H]1c1ccc2scc(Br)c2c1. The molecule has 0 N–H and O–H groups in total. The number of hydrogen-bond acceptors (Lipinski definition) is 2. The molecule has 2 aliphatic carbocycles. The monoisotopic (exact) mass is 363 g/mol. The van der Waals surface area contributed by atoms with Crippen LogP contribution < -0.4 is 0 Å². The molecule has 0 saturated heterocycles. The Morgan fingerprint density at radius 3 is 2.86 bits per heavy atom. The minimum atomic E-state index is 0.780. The molecule has 0 radical (unpaired) electrons. The second kappa shape index (κ2) is 5.36. The topological polar surface area (TPSA) is 3.24 Å². The number of rotatable bonds is 3. The molecule has 1 nitrogen and oxygen atoms in total. The van der Waals surface area contributed by atoms with Gasteiger partial charge >= 0.3 is 0 Å². The summed E-state index contributed by atoms with van der Waals surface area (Å²) >= 11 is 5.55. The van der Waals surface area contributed by atoms with E-state index in [1.165, 1.54) is 40.4 Å². The molecule has 0 amide bonds. The van der Waals surface area contributed by atoms with Crippen LogP contribution in [0.1, 0.15) is 30.7 Å². The maximum absolute atomic E-state index is 3.71. The number of halogens is 1. The van der Waals surface area contributed by atoms with Crippen LogP contribution in [-0.2, 0) is 0 Å². The van der Waals surface area contributed by atoms with Crippen LogP contribution in [0.5, 0.6) is 0 Å². The highest BCUT2D eigenvalue weighted by atomic mass is 79.9. The molecule has 112 valence electrons. The molecule has 1 heterocycles. The van der Waals surface area contributed by atoms with Crippen LogP contribution in [0.2, 0.25) is 0 Å². The van der Waals surface area contributed by atoms with Crippen molar-refractivity contribution in [2.75, 3.05) is 20.6 Å². The van der Waals surface area contributed by atoms with Crippen molar-refractivity contribution in [1.29, 1.82) is 0 Å². The van der Waals surface area contributed by atoms with Gasteiger partial charge in [-0.2, -0.15) is 0 Å². The van der Waals surface area contributed by atoms with E-state index in [9.17, 15) is 0 Å². The second-order valence-electron chi connectivity index (χ2n) is 7.12. The fourth-order valence-corrected chi connectivity index (χ4v) is 6.38. The molecule has 2 aromatic rings. The van der Waals surface area contributed by atoms with Gasteiger partial charge in [-0.05, 0) is 90.7 Å². The molecule has 4 rings (SSSR count). The molecule has 2 saturated carbocycles. The second-order valence-corrected chi connectivity index (χ2v) is 8.89. The first-order valence-electron chi connectivity index (χ1n) is 7.95. The predicted molar refractivity (Wildman–Crippen MR) is 95.1 cm³/mol. The van der Waals surface area contributed by atoms with Crippen LogP contribution in [0.3, 0.4) is 0 Å². The molecule has 4 atom stereocenters. The van der Waals surface area contributed by atoms with Crippen LogP contribution in [-0.4, -0.2) is 25.5 Å². The van der Waals surface area contributed by atoms with Crippen molar-refractivity contribution >= 4 is 37.4 Å². The minimum Gasteiger partial charge on any atom is -0.309 e. The molecule has 0 aliphatic heterocycles. The number of nitrogens with zero attached hydrogens (tertiary/aromatic N) is 1. The van der Waals surface area contributed by atoms with Crippen LogP contribution >= 0.6 is 27.3 Å².